The Hall–Kier alpha value is -3.10. The molecule has 8 nitrogen and oxygen atoms in total. The summed E-state index contributed by atoms with van der Waals surface area (Å²) < 4.78 is 16.4. The van der Waals surface area contributed by atoms with Crippen LogP contribution in [0.3, 0.4) is 0 Å². The summed E-state index contributed by atoms with van der Waals surface area (Å²) in [7, 11) is 1.60. The number of aliphatic hydroxyl groups excluding tert-OH is 1. The molecule has 2 N–H and O–H groups in total. The van der Waals surface area contributed by atoms with Crippen molar-refractivity contribution in [3.8, 4) is 17.2 Å². The van der Waals surface area contributed by atoms with Crippen molar-refractivity contribution in [3.63, 3.8) is 0 Å². The van der Waals surface area contributed by atoms with Gasteiger partial charge in [-0.2, -0.15) is 0 Å². The summed E-state index contributed by atoms with van der Waals surface area (Å²) >= 11 is 0. The molecule has 2 aromatic rings. The molecule has 0 unspecified atom stereocenters. The highest BCUT2D eigenvalue weighted by molar-refractivity contribution is 5.96. The topological polar surface area (TPSA) is 97.3 Å². The third-order valence-electron chi connectivity index (χ3n) is 6.73. The normalized spacial score (nSPS) is 17.8. The lowest BCUT2D eigenvalue weighted by molar-refractivity contribution is -0.121. The molecule has 1 saturated heterocycles. The van der Waals surface area contributed by atoms with Crippen molar-refractivity contribution in [1.82, 2.24) is 10.2 Å². The second-order valence-electron chi connectivity index (χ2n) is 9.66. The quantitative estimate of drug-likeness (QED) is 0.316. The number of unbranched alkanes of at least 4 members (excludes halogenated alkanes) is 2. The van der Waals surface area contributed by atoms with Gasteiger partial charge in [-0.05, 0) is 61.2 Å². The SMILES string of the molecule is COc1ccc(C(=O)CCCCCC(=O)N[C@@H]([CH]c2ccc3c(c2)OCCO3)CN2CC[C@@H](O)C2)cc1. The van der Waals surface area contributed by atoms with Crippen LogP contribution >= 0.6 is 0 Å². The molecule has 2 aliphatic heterocycles. The number of hydrogen-bond acceptors (Lipinski definition) is 7. The van der Waals surface area contributed by atoms with Crippen molar-refractivity contribution < 1.29 is 28.9 Å². The number of hydrogen-bond donors (Lipinski definition) is 2. The number of fused-ring (bicyclic) bond motifs is 1. The molecule has 1 fully saturated rings. The summed E-state index contributed by atoms with van der Waals surface area (Å²) in [5.41, 5.74) is 1.63. The lowest BCUT2D eigenvalue weighted by Gasteiger charge is -2.25. The Kier molecular flexibility index (Phi) is 9.79. The number of nitrogens with one attached hydrogen (secondary N) is 1. The van der Waals surface area contributed by atoms with Crippen molar-refractivity contribution >= 4 is 11.7 Å². The molecule has 0 aromatic heterocycles. The van der Waals surface area contributed by atoms with Crippen LogP contribution in [0.25, 0.3) is 0 Å². The lowest BCUT2D eigenvalue weighted by atomic mass is 10.0. The minimum absolute atomic E-state index is 0.0139. The van der Waals surface area contributed by atoms with E-state index in [1.54, 1.807) is 31.4 Å². The number of methoxy groups -OCH3 is 1. The van der Waals surface area contributed by atoms with Crippen molar-refractivity contribution in [2.75, 3.05) is 40.0 Å². The lowest BCUT2D eigenvalue weighted by Crippen LogP contribution is -2.43. The molecular formula is C29H37N2O6. The zero-order valence-electron chi connectivity index (χ0n) is 21.5. The van der Waals surface area contributed by atoms with Gasteiger partial charge in [0.15, 0.2) is 17.3 Å². The maximum Gasteiger partial charge on any atom is 0.220 e. The van der Waals surface area contributed by atoms with Gasteiger partial charge in [-0.3, -0.25) is 14.5 Å². The first-order valence-electron chi connectivity index (χ1n) is 13.1. The molecule has 0 spiro atoms. The number of benzene rings is 2. The highest BCUT2D eigenvalue weighted by Crippen LogP contribution is 2.31. The summed E-state index contributed by atoms with van der Waals surface area (Å²) in [6.45, 7) is 3.12. The van der Waals surface area contributed by atoms with Crippen LogP contribution in [0.4, 0.5) is 0 Å². The van der Waals surface area contributed by atoms with Crippen LogP contribution in [0, 0.1) is 6.42 Å². The number of aliphatic hydroxyl groups is 1. The molecule has 2 aliphatic rings. The van der Waals surface area contributed by atoms with E-state index in [0.29, 0.717) is 50.5 Å². The minimum Gasteiger partial charge on any atom is -0.497 e. The second kappa shape index (κ2) is 13.4. The first-order valence-corrected chi connectivity index (χ1v) is 13.1. The number of Topliss-reactive ketones (excluding diaryl/α,β-unsaturated/α-hetero) is 1. The van der Waals surface area contributed by atoms with E-state index in [0.717, 1.165) is 49.3 Å². The van der Waals surface area contributed by atoms with Gasteiger partial charge in [0, 0.05) is 50.5 Å². The molecule has 1 amide bonds. The Bertz CT molecular complexity index is 1040. The van der Waals surface area contributed by atoms with Crippen LogP contribution in [0.5, 0.6) is 17.2 Å². The Labute approximate surface area is 218 Å². The smallest absolute Gasteiger partial charge is 0.220 e. The van der Waals surface area contributed by atoms with Crippen molar-refractivity contribution in [2.45, 2.75) is 50.7 Å². The van der Waals surface area contributed by atoms with E-state index in [2.05, 4.69) is 10.2 Å². The summed E-state index contributed by atoms with van der Waals surface area (Å²) in [5.74, 6) is 2.27. The third-order valence-corrected chi connectivity index (χ3v) is 6.73. The van der Waals surface area contributed by atoms with E-state index in [9.17, 15) is 14.7 Å². The predicted molar refractivity (Wildman–Crippen MR) is 140 cm³/mol. The number of ketones is 1. The maximum atomic E-state index is 12.8. The number of carbonyl (C=O) groups excluding carboxylic acids is 2. The zero-order valence-corrected chi connectivity index (χ0v) is 21.5. The summed E-state index contributed by atoms with van der Waals surface area (Å²) in [5, 5.41) is 13.1. The van der Waals surface area contributed by atoms with Gasteiger partial charge in [0.2, 0.25) is 5.91 Å². The van der Waals surface area contributed by atoms with E-state index in [-0.39, 0.29) is 23.8 Å². The fraction of sp³-hybridized carbons (Fsp3) is 0.483. The highest BCUT2D eigenvalue weighted by Gasteiger charge is 2.25. The van der Waals surface area contributed by atoms with Gasteiger partial charge < -0.3 is 24.6 Å². The monoisotopic (exact) mass is 509 g/mol. The van der Waals surface area contributed by atoms with E-state index < -0.39 is 0 Å². The summed E-state index contributed by atoms with van der Waals surface area (Å²) in [6, 6.07) is 12.7. The van der Waals surface area contributed by atoms with Gasteiger partial charge in [0.25, 0.3) is 0 Å². The Morgan fingerprint density at radius 3 is 2.57 bits per heavy atom. The van der Waals surface area contributed by atoms with Gasteiger partial charge in [0.05, 0.1) is 13.2 Å². The number of carbonyl (C=O) groups is 2. The molecule has 1 radical (unpaired) electrons. The van der Waals surface area contributed by atoms with Gasteiger partial charge in [0.1, 0.15) is 19.0 Å². The van der Waals surface area contributed by atoms with Crippen LogP contribution in [-0.2, 0) is 4.79 Å². The first kappa shape index (κ1) is 26.9. The van der Waals surface area contributed by atoms with Gasteiger partial charge >= 0.3 is 0 Å². The van der Waals surface area contributed by atoms with Gasteiger partial charge in [-0.1, -0.05) is 12.5 Å². The molecule has 2 aromatic carbocycles. The summed E-state index contributed by atoms with van der Waals surface area (Å²) in [4.78, 5) is 27.3. The number of β-amino-alcohol motifs (C(OH)–C–C–N with tert-alkyl or cyclic N) is 1. The molecule has 8 heteroatoms. The van der Waals surface area contributed by atoms with E-state index in [1.807, 2.05) is 24.6 Å². The largest absolute Gasteiger partial charge is 0.497 e. The van der Waals surface area contributed by atoms with Crippen molar-refractivity contribution in [3.05, 3.63) is 60.0 Å². The van der Waals surface area contributed by atoms with Crippen LogP contribution in [0.15, 0.2) is 42.5 Å². The predicted octanol–water partition coefficient (Wildman–Crippen LogP) is 3.40. The van der Waals surface area contributed by atoms with Gasteiger partial charge in [-0.15, -0.1) is 0 Å². The molecule has 37 heavy (non-hydrogen) atoms. The van der Waals surface area contributed by atoms with E-state index >= 15 is 0 Å². The minimum atomic E-state index is -0.314. The fourth-order valence-corrected chi connectivity index (χ4v) is 4.74. The Morgan fingerprint density at radius 2 is 1.84 bits per heavy atom. The number of amides is 1. The first-order chi connectivity index (χ1) is 18.0. The third kappa shape index (κ3) is 8.20. The van der Waals surface area contributed by atoms with E-state index in [4.69, 9.17) is 14.2 Å². The Morgan fingerprint density at radius 1 is 1.08 bits per heavy atom. The standard InChI is InChI=1S/C29H37N2O6/c1-35-25-10-8-22(9-11-25)26(33)5-3-2-4-6-29(34)30-23(19-31-14-13-24(32)20-31)17-21-7-12-27-28(18-21)37-16-15-36-27/h7-12,17-18,23-24,32H,2-6,13-16,19-20H2,1H3,(H,30,34)/t23-,24+/m0/s1. The van der Waals surface area contributed by atoms with Crippen LogP contribution < -0.4 is 19.5 Å². The average Bonchev–Trinajstić information content (AvgIpc) is 3.32. The second-order valence-corrected chi connectivity index (χ2v) is 9.66. The van der Waals surface area contributed by atoms with E-state index in [1.165, 1.54) is 0 Å². The summed E-state index contributed by atoms with van der Waals surface area (Å²) in [6.07, 6.45) is 5.62. The molecule has 0 bridgehead atoms. The molecule has 0 saturated carbocycles. The van der Waals surface area contributed by atoms with Crippen molar-refractivity contribution in [2.24, 2.45) is 0 Å². The fourth-order valence-electron chi connectivity index (χ4n) is 4.74. The molecule has 0 aliphatic carbocycles. The highest BCUT2D eigenvalue weighted by atomic mass is 16.6. The maximum absolute atomic E-state index is 12.8. The average molecular weight is 510 g/mol. The van der Waals surface area contributed by atoms with Crippen LogP contribution in [0.2, 0.25) is 0 Å². The van der Waals surface area contributed by atoms with Crippen LogP contribution in [-0.4, -0.2) is 73.8 Å². The molecule has 2 atom stereocenters. The number of ether oxygens (including phenoxy) is 3. The number of rotatable bonds is 13. The molecule has 2 heterocycles. The molecule has 4 rings (SSSR count). The molecular weight excluding hydrogens is 472 g/mol. The van der Waals surface area contributed by atoms with Gasteiger partial charge in [-0.25, -0.2) is 0 Å². The van der Waals surface area contributed by atoms with Crippen molar-refractivity contribution in [1.29, 1.82) is 0 Å². The molecule has 199 valence electrons. The zero-order chi connectivity index (χ0) is 26.0. The number of likely N-dealkylation sites (tertiary alicyclic amines) is 1. The number of nitrogens with zero attached hydrogens (tertiary/aromatic N) is 1. The van der Waals surface area contributed by atoms with Crippen LogP contribution in [0.1, 0.15) is 54.4 Å². The Balaban J connectivity index is 1.23.